The molecule has 0 saturated heterocycles. The first-order valence-corrected chi connectivity index (χ1v) is 6.84. The molecule has 0 N–H and O–H groups in total. The minimum absolute atomic E-state index is 0.0989. The Morgan fingerprint density at radius 1 is 1.19 bits per heavy atom. The summed E-state index contributed by atoms with van der Waals surface area (Å²) in [5.41, 5.74) is 2.05. The van der Waals surface area contributed by atoms with E-state index in [-0.39, 0.29) is 18.3 Å². The minimum atomic E-state index is -0.626. The fourth-order valence-electron chi connectivity index (χ4n) is 2.46. The average Bonchev–Trinajstić information content (AvgIpc) is 3.06. The highest BCUT2D eigenvalue weighted by molar-refractivity contribution is 5.97. The highest BCUT2D eigenvalue weighted by atomic mass is 16.5. The predicted molar refractivity (Wildman–Crippen MR) is 76.1 cm³/mol. The van der Waals surface area contributed by atoms with Crippen LogP contribution in [0, 0.1) is 0 Å². The second-order valence-electron chi connectivity index (χ2n) is 4.83. The van der Waals surface area contributed by atoms with Gasteiger partial charge in [0.05, 0.1) is 6.26 Å². The zero-order valence-electron chi connectivity index (χ0n) is 11.5. The quantitative estimate of drug-likeness (QED) is 0.813. The number of anilines is 1. The number of amides is 1. The van der Waals surface area contributed by atoms with E-state index in [0.29, 0.717) is 6.54 Å². The summed E-state index contributed by atoms with van der Waals surface area (Å²) >= 11 is 0. The molecular formula is C16H15NO4. The van der Waals surface area contributed by atoms with Crippen molar-refractivity contribution in [2.75, 3.05) is 18.1 Å². The molecule has 1 aliphatic heterocycles. The van der Waals surface area contributed by atoms with Gasteiger partial charge in [0.1, 0.15) is 0 Å². The number of ether oxygens (including phenoxy) is 1. The summed E-state index contributed by atoms with van der Waals surface area (Å²) < 4.78 is 9.92. The number of hydrogen-bond donors (Lipinski definition) is 0. The van der Waals surface area contributed by atoms with E-state index in [1.807, 2.05) is 24.3 Å². The van der Waals surface area contributed by atoms with Gasteiger partial charge in [-0.05, 0) is 36.6 Å². The van der Waals surface area contributed by atoms with Gasteiger partial charge in [0.15, 0.2) is 6.61 Å². The van der Waals surface area contributed by atoms with Gasteiger partial charge in [-0.1, -0.05) is 18.2 Å². The van der Waals surface area contributed by atoms with Gasteiger partial charge in [-0.2, -0.15) is 0 Å². The molecule has 0 radical (unpaired) electrons. The molecule has 2 aromatic rings. The molecule has 0 unspecified atom stereocenters. The molecule has 1 aromatic heterocycles. The van der Waals surface area contributed by atoms with Crippen molar-refractivity contribution in [1.29, 1.82) is 0 Å². The second-order valence-corrected chi connectivity index (χ2v) is 4.83. The van der Waals surface area contributed by atoms with Crippen LogP contribution in [0.4, 0.5) is 5.69 Å². The summed E-state index contributed by atoms with van der Waals surface area (Å²) in [5, 5.41) is 0. The largest absolute Gasteiger partial charge is 0.457 e. The second kappa shape index (κ2) is 5.83. The Balaban J connectivity index is 1.65. The lowest BCUT2D eigenvalue weighted by Gasteiger charge is -2.29. The summed E-state index contributed by atoms with van der Waals surface area (Å²) in [5.74, 6) is -0.748. The van der Waals surface area contributed by atoms with E-state index in [4.69, 9.17) is 9.15 Å². The number of aryl methyl sites for hydroxylation is 1. The molecular weight excluding hydrogens is 270 g/mol. The molecule has 0 aliphatic carbocycles. The molecule has 0 bridgehead atoms. The molecule has 3 rings (SSSR count). The van der Waals surface area contributed by atoms with E-state index >= 15 is 0 Å². The SMILES string of the molecule is O=C(OCC(=O)N1CCCc2ccccc21)c1ccco1. The van der Waals surface area contributed by atoms with E-state index in [9.17, 15) is 9.59 Å². The third kappa shape index (κ3) is 2.81. The first kappa shape index (κ1) is 13.4. The Kier molecular flexibility index (Phi) is 3.73. The van der Waals surface area contributed by atoms with Crippen LogP contribution in [-0.4, -0.2) is 25.0 Å². The minimum Gasteiger partial charge on any atom is -0.457 e. The van der Waals surface area contributed by atoms with Gasteiger partial charge in [0.25, 0.3) is 5.91 Å². The summed E-state index contributed by atoms with van der Waals surface area (Å²) in [7, 11) is 0. The van der Waals surface area contributed by atoms with E-state index < -0.39 is 5.97 Å². The third-order valence-electron chi connectivity index (χ3n) is 3.46. The lowest BCUT2D eigenvalue weighted by Crippen LogP contribution is -2.38. The highest BCUT2D eigenvalue weighted by Crippen LogP contribution is 2.26. The molecule has 1 aliphatic rings. The first-order valence-electron chi connectivity index (χ1n) is 6.84. The van der Waals surface area contributed by atoms with Crippen molar-refractivity contribution in [1.82, 2.24) is 0 Å². The third-order valence-corrected chi connectivity index (χ3v) is 3.46. The highest BCUT2D eigenvalue weighted by Gasteiger charge is 2.23. The maximum absolute atomic E-state index is 12.3. The van der Waals surface area contributed by atoms with Gasteiger partial charge < -0.3 is 14.1 Å². The fourth-order valence-corrected chi connectivity index (χ4v) is 2.46. The smallest absolute Gasteiger partial charge is 0.374 e. The summed E-state index contributed by atoms with van der Waals surface area (Å²) in [6.07, 6.45) is 3.26. The van der Waals surface area contributed by atoms with Gasteiger partial charge in [-0.3, -0.25) is 4.79 Å². The number of benzene rings is 1. The van der Waals surface area contributed by atoms with Crippen LogP contribution in [0.25, 0.3) is 0 Å². The number of para-hydroxylation sites is 1. The normalized spacial score (nSPS) is 13.6. The van der Waals surface area contributed by atoms with Crippen LogP contribution >= 0.6 is 0 Å². The Morgan fingerprint density at radius 2 is 2.05 bits per heavy atom. The molecule has 1 amide bonds. The average molecular weight is 285 g/mol. The van der Waals surface area contributed by atoms with Crippen molar-refractivity contribution in [2.45, 2.75) is 12.8 Å². The van der Waals surface area contributed by atoms with Crippen LogP contribution in [-0.2, 0) is 16.0 Å². The molecule has 5 nitrogen and oxygen atoms in total. The Morgan fingerprint density at radius 3 is 2.86 bits per heavy atom. The van der Waals surface area contributed by atoms with Crippen LogP contribution in [0.15, 0.2) is 47.1 Å². The number of esters is 1. The van der Waals surface area contributed by atoms with Crippen LogP contribution in [0.3, 0.4) is 0 Å². The standard InChI is InChI=1S/C16H15NO4/c18-15(11-21-16(19)14-8-4-10-20-14)17-9-3-6-12-5-1-2-7-13(12)17/h1-2,4-5,7-8,10H,3,6,9,11H2. The molecule has 21 heavy (non-hydrogen) atoms. The molecule has 1 aromatic carbocycles. The van der Waals surface area contributed by atoms with Gasteiger partial charge in [0, 0.05) is 12.2 Å². The lowest BCUT2D eigenvalue weighted by molar-refractivity contribution is -0.121. The number of fused-ring (bicyclic) bond motifs is 1. The number of nitrogens with zero attached hydrogens (tertiary/aromatic N) is 1. The zero-order chi connectivity index (χ0) is 14.7. The maximum Gasteiger partial charge on any atom is 0.374 e. The molecule has 2 heterocycles. The van der Waals surface area contributed by atoms with Crippen molar-refractivity contribution in [3.05, 3.63) is 54.0 Å². The molecule has 0 saturated carbocycles. The van der Waals surface area contributed by atoms with E-state index in [1.54, 1.807) is 11.0 Å². The van der Waals surface area contributed by atoms with E-state index in [0.717, 1.165) is 24.1 Å². The number of rotatable bonds is 3. The Hall–Kier alpha value is -2.56. The summed E-state index contributed by atoms with van der Waals surface area (Å²) in [6, 6.07) is 10.9. The van der Waals surface area contributed by atoms with Gasteiger partial charge in [0.2, 0.25) is 5.76 Å². The zero-order valence-corrected chi connectivity index (χ0v) is 11.5. The Bertz CT molecular complexity index is 648. The predicted octanol–water partition coefficient (Wildman–Crippen LogP) is 2.42. The number of carbonyl (C=O) groups excluding carboxylic acids is 2. The monoisotopic (exact) mass is 285 g/mol. The van der Waals surface area contributed by atoms with E-state index in [1.165, 1.54) is 12.3 Å². The summed E-state index contributed by atoms with van der Waals surface area (Å²) in [4.78, 5) is 25.6. The molecule has 0 atom stereocenters. The topological polar surface area (TPSA) is 59.8 Å². The van der Waals surface area contributed by atoms with Gasteiger partial charge in [-0.25, -0.2) is 4.79 Å². The number of furan rings is 1. The maximum atomic E-state index is 12.3. The van der Waals surface area contributed by atoms with Crippen LogP contribution < -0.4 is 4.90 Å². The van der Waals surface area contributed by atoms with Gasteiger partial charge >= 0.3 is 5.97 Å². The van der Waals surface area contributed by atoms with Crippen molar-refractivity contribution >= 4 is 17.6 Å². The van der Waals surface area contributed by atoms with E-state index in [2.05, 4.69) is 0 Å². The molecule has 5 heteroatoms. The number of hydrogen-bond acceptors (Lipinski definition) is 4. The first-order chi connectivity index (χ1) is 10.3. The van der Waals surface area contributed by atoms with Crippen LogP contribution in [0.2, 0.25) is 0 Å². The van der Waals surface area contributed by atoms with Crippen molar-refractivity contribution in [3.8, 4) is 0 Å². The van der Waals surface area contributed by atoms with Crippen LogP contribution in [0.5, 0.6) is 0 Å². The molecule has 0 spiro atoms. The van der Waals surface area contributed by atoms with Crippen molar-refractivity contribution in [2.24, 2.45) is 0 Å². The van der Waals surface area contributed by atoms with Crippen LogP contribution in [0.1, 0.15) is 22.5 Å². The molecule has 0 fully saturated rings. The lowest BCUT2D eigenvalue weighted by atomic mass is 10.0. The van der Waals surface area contributed by atoms with Crippen molar-refractivity contribution < 1.29 is 18.7 Å². The van der Waals surface area contributed by atoms with Gasteiger partial charge in [-0.15, -0.1) is 0 Å². The van der Waals surface area contributed by atoms with Crippen molar-refractivity contribution in [3.63, 3.8) is 0 Å². The molecule has 108 valence electrons. The fraction of sp³-hybridized carbons (Fsp3) is 0.250. The summed E-state index contributed by atoms with van der Waals surface area (Å²) in [6.45, 7) is 0.363. The Labute approximate surface area is 122 Å². The number of carbonyl (C=O) groups is 2.